The summed E-state index contributed by atoms with van der Waals surface area (Å²) in [5, 5.41) is 4.05. The SMILES string of the molecule is Clc1ccccc1NCc1ccc(Br)c(Br)c1. The molecule has 0 saturated carbocycles. The molecule has 2 aromatic rings. The van der Waals surface area contributed by atoms with Crippen LogP contribution < -0.4 is 5.32 Å². The van der Waals surface area contributed by atoms with Gasteiger partial charge in [-0.05, 0) is 61.7 Å². The van der Waals surface area contributed by atoms with Gasteiger partial charge in [0.05, 0.1) is 10.7 Å². The first kappa shape index (κ1) is 12.9. The van der Waals surface area contributed by atoms with Crippen molar-refractivity contribution in [3.63, 3.8) is 0 Å². The second-order valence-corrected chi connectivity index (χ2v) is 5.70. The molecular formula is C13H10Br2ClN. The van der Waals surface area contributed by atoms with Crippen molar-refractivity contribution in [1.29, 1.82) is 0 Å². The maximum absolute atomic E-state index is 6.07. The molecule has 0 aliphatic carbocycles. The van der Waals surface area contributed by atoms with E-state index in [0.717, 1.165) is 26.2 Å². The molecule has 4 heteroatoms. The molecule has 0 spiro atoms. The lowest BCUT2D eigenvalue weighted by molar-refractivity contribution is 1.14. The zero-order valence-electron chi connectivity index (χ0n) is 8.88. The van der Waals surface area contributed by atoms with Gasteiger partial charge in [-0.1, -0.05) is 29.8 Å². The fourth-order valence-corrected chi connectivity index (χ4v) is 2.33. The van der Waals surface area contributed by atoms with Crippen LogP contribution in [0.4, 0.5) is 5.69 Å². The number of benzene rings is 2. The van der Waals surface area contributed by atoms with Crippen LogP contribution in [0.15, 0.2) is 51.4 Å². The second-order valence-electron chi connectivity index (χ2n) is 3.58. The summed E-state index contributed by atoms with van der Waals surface area (Å²) in [6, 6.07) is 13.9. The summed E-state index contributed by atoms with van der Waals surface area (Å²) < 4.78 is 2.11. The van der Waals surface area contributed by atoms with Crippen molar-refractivity contribution in [2.75, 3.05) is 5.32 Å². The maximum Gasteiger partial charge on any atom is 0.0637 e. The van der Waals surface area contributed by atoms with Gasteiger partial charge in [-0.3, -0.25) is 0 Å². The number of rotatable bonds is 3. The van der Waals surface area contributed by atoms with Crippen LogP contribution in [0.3, 0.4) is 0 Å². The number of anilines is 1. The van der Waals surface area contributed by atoms with Crippen molar-refractivity contribution in [3.8, 4) is 0 Å². The van der Waals surface area contributed by atoms with E-state index in [0.29, 0.717) is 0 Å². The Labute approximate surface area is 122 Å². The first-order chi connectivity index (χ1) is 8.16. The van der Waals surface area contributed by atoms with Gasteiger partial charge in [0.15, 0.2) is 0 Å². The Morgan fingerprint density at radius 2 is 1.76 bits per heavy atom. The van der Waals surface area contributed by atoms with E-state index in [2.05, 4.69) is 49.3 Å². The van der Waals surface area contributed by atoms with Crippen LogP contribution in [-0.2, 0) is 6.54 Å². The van der Waals surface area contributed by atoms with E-state index in [4.69, 9.17) is 11.6 Å². The molecule has 0 aliphatic rings. The van der Waals surface area contributed by atoms with Gasteiger partial charge in [-0.25, -0.2) is 0 Å². The van der Waals surface area contributed by atoms with Crippen LogP contribution in [0.25, 0.3) is 0 Å². The minimum absolute atomic E-state index is 0.740. The molecule has 88 valence electrons. The number of halogens is 3. The molecule has 0 unspecified atom stereocenters. The third-order valence-electron chi connectivity index (χ3n) is 2.34. The highest BCUT2D eigenvalue weighted by atomic mass is 79.9. The van der Waals surface area contributed by atoms with Crippen LogP contribution in [0.5, 0.6) is 0 Å². The highest BCUT2D eigenvalue weighted by Gasteiger charge is 2.01. The second kappa shape index (κ2) is 5.89. The molecule has 0 aromatic heterocycles. The molecule has 17 heavy (non-hydrogen) atoms. The van der Waals surface area contributed by atoms with Crippen molar-refractivity contribution in [1.82, 2.24) is 0 Å². The maximum atomic E-state index is 6.07. The summed E-state index contributed by atoms with van der Waals surface area (Å²) in [5.41, 5.74) is 2.15. The van der Waals surface area contributed by atoms with Crippen molar-refractivity contribution in [2.45, 2.75) is 6.54 Å². The van der Waals surface area contributed by atoms with E-state index in [1.807, 2.05) is 30.3 Å². The van der Waals surface area contributed by atoms with Gasteiger partial charge in [0, 0.05) is 15.5 Å². The number of para-hydroxylation sites is 1. The molecule has 0 amide bonds. The minimum Gasteiger partial charge on any atom is -0.380 e. The van der Waals surface area contributed by atoms with Crippen molar-refractivity contribution in [2.24, 2.45) is 0 Å². The van der Waals surface area contributed by atoms with Crippen molar-refractivity contribution >= 4 is 49.1 Å². The molecule has 0 radical (unpaired) electrons. The fraction of sp³-hybridized carbons (Fsp3) is 0.0769. The average molecular weight is 375 g/mol. The molecule has 0 heterocycles. The molecule has 1 nitrogen and oxygen atoms in total. The van der Waals surface area contributed by atoms with E-state index >= 15 is 0 Å². The van der Waals surface area contributed by atoms with Crippen molar-refractivity contribution < 1.29 is 0 Å². The summed E-state index contributed by atoms with van der Waals surface area (Å²) in [7, 11) is 0. The molecule has 0 fully saturated rings. The largest absolute Gasteiger partial charge is 0.380 e. The third kappa shape index (κ3) is 3.47. The summed E-state index contributed by atoms with van der Waals surface area (Å²) >= 11 is 13.0. The van der Waals surface area contributed by atoms with Crippen LogP contribution in [0.2, 0.25) is 5.02 Å². The Hall–Kier alpha value is -0.510. The lowest BCUT2D eigenvalue weighted by Crippen LogP contribution is -1.99. The van der Waals surface area contributed by atoms with Gasteiger partial charge in [-0.15, -0.1) is 0 Å². The van der Waals surface area contributed by atoms with Gasteiger partial charge in [0.2, 0.25) is 0 Å². The number of hydrogen-bond donors (Lipinski definition) is 1. The average Bonchev–Trinajstić information content (AvgIpc) is 2.32. The van der Waals surface area contributed by atoms with Gasteiger partial charge in [0.25, 0.3) is 0 Å². The summed E-state index contributed by atoms with van der Waals surface area (Å²) in [4.78, 5) is 0. The van der Waals surface area contributed by atoms with Crippen molar-refractivity contribution in [3.05, 3.63) is 62.0 Å². The molecule has 2 rings (SSSR count). The van der Waals surface area contributed by atoms with E-state index in [9.17, 15) is 0 Å². The first-order valence-corrected chi connectivity index (χ1v) is 7.05. The monoisotopic (exact) mass is 373 g/mol. The fourth-order valence-electron chi connectivity index (χ4n) is 1.45. The molecule has 1 N–H and O–H groups in total. The Morgan fingerprint density at radius 1 is 1.00 bits per heavy atom. The van der Waals surface area contributed by atoms with Crippen LogP contribution in [0.1, 0.15) is 5.56 Å². The molecule has 2 aromatic carbocycles. The Balaban J connectivity index is 2.08. The standard InChI is InChI=1S/C13H10Br2ClN/c14-10-6-5-9(7-11(10)15)8-17-13-4-2-1-3-12(13)16/h1-7,17H,8H2. The van der Waals surface area contributed by atoms with Gasteiger partial charge < -0.3 is 5.32 Å². The molecule has 0 atom stereocenters. The highest BCUT2D eigenvalue weighted by molar-refractivity contribution is 9.13. The predicted octanol–water partition coefficient (Wildman–Crippen LogP) is 5.48. The van der Waals surface area contributed by atoms with Gasteiger partial charge in [-0.2, -0.15) is 0 Å². The van der Waals surface area contributed by atoms with Crippen LogP contribution in [0, 0.1) is 0 Å². The van der Waals surface area contributed by atoms with E-state index in [-0.39, 0.29) is 0 Å². The van der Waals surface area contributed by atoms with E-state index < -0.39 is 0 Å². The number of hydrogen-bond acceptors (Lipinski definition) is 1. The Morgan fingerprint density at radius 3 is 2.47 bits per heavy atom. The number of nitrogens with one attached hydrogen (secondary N) is 1. The van der Waals surface area contributed by atoms with E-state index in [1.54, 1.807) is 0 Å². The Kier molecular flexibility index (Phi) is 4.48. The summed E-state index contributed by atoms with van der Waals surface area (Å²) in [6.45, 7) is 0.746. The predicted molar refractivity (Wildman–Crippen MR) is 80.6 cm³/mol. The van der Waals surface area contributed by atoms with Gasteiger partial charge >= 0.3 is 0 Å². The minimum atomic E-state index is 0.740. The first-order valence-electron chi connectivity index (χ1n) is 5.09. The lowest BCUT2D eigenvalue weighted by atomic mass is 10.2. The zero-order chi connectivity index (χ0) is 12.3. The molecule has 0 bridgehead atoms. The molecular weight excluding hydrogens is 365 g/mol. The molecule has 0 saturated heterocycles. The normalized spacial score (nSPS) is 10.3. The highest BCUT2D eigenvalue weighted by Crippen LogP contribution is 2.25. The van der Waals surface area contributed by atoms with Crippen LogP contribution >= 0.6 is 43.5 Å². The Bertz CT molecular complexity index is 529. The zero-order valence-corrected chi connectivity index (χ0v) is 12.8. The van der Waals surface area contributed by atoms with E-state index in [1.165, 1.54) is 5.56 Å². The topological polar surface area (TPSA) is 12.0 Å². The quantitative estimate of drug-likeness (QED) is 0.749. The smallest absolute Gasteiger partial charge is 0.0637 e. The third-order valence-corrected chi connectivity index (χ3v) is 4.55. The lowest BCUT2D eigenvalue weighted by Gasteiger charge is -2.09. The summed E-state index contributed by atoms with van der Waals surface area (Å²) in [6.07, 6.45) is 0. The molecule has 0 aliphatic heterocycles. The summed E-state index contributed by atoms with van der Waals surface area (Å²) in [5.74, 6) is 0. The van der Waals surface area contributed by atoms with Crippen LogP contribution in [-0.4, -0.2) is 0 Å². The van der Waals surface area contributed by atoms with Gasteiger partial charge in [0.1, 0.15) is 0 Å².